The van der Waals surface area contributed by atoms with Gasteiger partial charge in [-0.1, -0.05) is 48.5 Å². The minimum atomic E-state index is -1.11. The minimum Gasteiger partial charge on any atom is -0.479 e. The van der Waals surface area contributed by atoms with Crippen molar-refractivity contribution in [1.29, 1.82) is 0 Å². The first-order chi connectivity index (χ1) is 16.8. The molecule has 1 fully saturated rings. The van der Waals surface area contributed by atoms with Gasteiger partial charge in [0.15, 0.2) is 6.10 Å². The Bertz CT molecular complexity index is 1040. The molecule has 1 saturated heterocycles. The predicted molar refractivity (Wildman–Crippen MR) is 129 cm³/mol. The first-order valence-electron chi connectivity index (χ1n) is 11.7. The number of nitrogens with one attached hydrogen (secondary N) is 1. The number of benzene rings is 2. The van der Waals surface area contributed by atoms with Crippen molar-refractivity contribution in [1.82, 2.24) is 15.1 Å². The van der Waals surface area contributed by atoms with Crippen LogP contribution in [0.5, 0.6) is 0 Å². The second-order valence-corrected chi connectivity index (χ2v) is 9.10. The quantitative estimate of drug-likeness (QED) is 0.595. The van der Waals surface area contributed by atoms with E-state index in [9.17, 15) is 19.5 Å². The van der Waals surface area contributed by atoms with Crippen molar-refractivity contribution in [2.75, 3.05) is 46.9 Å². The fraction of sp³-hybridized carbons (Fsp3) is 0.423. The first-order valence-corrected chi connectivity index (χ1v) is 11.7. The SMILES string of the molecule is CN(C)CCC(NC(=O)OCC1c2ccccc2-c2ccccc21)C(=O)N1CCOC(C(=O)O)C1. The van der Waals surface area contributed by atoms with Gasteiger partial charge >= 0.3 is 12.1 Å². The highest BCUT2D eigenvalue weighted by Crippen LogP contribution is 2.44. The van der Waals surface area contributed by atoms with E-state index in [1.807, 2.05) is 55.4 Å². The topological polar surface area (TPSA) is 108 Å². The molecule has 2 N–H and O–H groups in total. The van der Waals surface area contributed by atoms with Crippen LogP contribution in [0.1, 0.15) is 23.5 Å². The maximum atomic E-state index is 13.2. The molecule has 1 heterocycles. The summed E-state index contributed by atoms with van der Waals surface area (Å²) in [6.45, 7) is 1.06. The van der Waals surface area contributed by atoms with E-state index < -0.39 is 24.2 Å². The molecule has 9 heteroatoms. The summed E-state index contributed by atoms with van der Waals surface area (Å²) in [7, 11) is 3.76. The normalized spacial score (nSPS) is 18.0. The molecule has 0 aromatic heterocycles. The van der Waals surface area contributed by atoms with Crippen LogP contribution >= 0.6 is 0 Å². The van der Waals surface area contributed by atoms with Gasteiger partial charge in [-0.3, -0.25) is 4.79 Å². The van der Waals surface area contributed by atoms with Gasteiger partial charge in [-0.15, -0.1) is 0 Å². The summed E-state index contributed by atoms with van der Waals surface area (Å²) in [6, 6.07) is 15.3. The Morgan fingerprint density at radius 3 is 2.34 bits per heavy atom. The third-order valence-corrected chi connectivity index (χ3v) is 6.45. The molecule has 1 aliphatic heterocycles. The number of nitrogens with zero attached hydrogens (tertiary/aromatic N) is 2. The lowest BCUT2D eigenvalue weighted by molar-refractivity contribution is -0.160. The van der Waals surface area contributed by atoms with Crippen molar-refractivity contribution in [3.8, 4) is 11.1 Å². The summed E-state index contributed by atoms with van der Waals surface area (Å²) in [5.74, 6) is -1.54. The van der Waals surface area contributed by atoms with Crippen molar-refractivity contribution in [3.05, 3.63) is 59.7 Å². The van der Waals surface area contributed by atoms with Gasteiger partial charge in [-0.25, -0.2) is 9.59 Å². The number of ether oxygens (including phenoxy) is 2. The lowest BCUT2D eigenvalue weighted by atomic mass is 9.98. The van der Waals surface area contributed by atoms with E-state index in [1.165, 1.54) is 4.90 Å². The van der Waals surface area contributed by atoms with E-state index >= 15 is 0 Å². The molecule has 0 bridgehead atoms. The first kappa shape index (κ1) is 24.7. The van der Waals surface area contributed by atoms with Crippen molar-refractivity contribution in [3.63, 3.8) is 0 Å². The van der Waals surface area contributed by atoms with Gasteiger partial charge in [0.1, 0.15) is 12.6 Å². The smallest absolute Gasteiger partial charge is 0.407 e. The Morgan fingerprint density at radius 1 is 1.11 bits per heavy atom. The van der Waals surface area contributed by atoms with E-state index in [0.717, 1.165) is 22.3 Å². The zero-order valence-corrected chi connectivity index (χ0v) is 20.0. The molecule has 35 heavy (non-hydrogen) atoms. The highest BCUT2D eigenvalue weighted by Gasteiger charge is 2.34. The zero-order valence-electron chi connectivity index (χ0n) is 20.0. The number of morpholine rings is 1. The molecule has 0 saturated carbocycles. The number of carboxylic acids is 1. The molecular formula is C26H31N3O6. The standard InChI is InChI=1S/C26H31N3O6/c1-28(2)12-11-22(24(30)29-13-14-34-23(15-29)25(31)32)27-26(33)35-16-21-19-9-5-3-7-17(19)18-8-4-6-10-20(18)21/h3-10,21-23H,11-16H2,1-2H3,(H,27,33)(H,31,32). The molecule has 9 nitrogen and oxygen atoms in total. The number of carbonyl (C=O) groups is 3. The third-order valence-electron chi connectivity index (χ3n) is 6.45. The highest BCUT2D eigenvalue weighted by atomic mass is 16.5. The molecule has 2 unspecified atom stereocenters. The predicted octanol–water partition coefficient (Wildman–Crippen LogP) is 2.16. The Kier molecular flexibility index (Phi) is 7.67. The minimum absolute atomic E-state index is 0.0565. The Morgan fingerprint density at radius 2 is 1.74 bits per heavy atom. The summed E-state index contributed by atoms with van der Waals surface area (Å²) in [5, 5.41) is 12.0. The second-order valence-electron chi connectivity index (χ2n) is 9.10. The van der Waals surface area contributed by atoms with Crippen molar-refractivity contribution in [2.24, 2.45) is 0 Å². The molecule has 0 radical (unpaired) electrons. The fourth-order valence-electron chi connectivity index (χ4n) is 4.65. The van der Waals surface area contributed by atoms with Crippen LogP contribution in [-0.2, 0) is 19.1 Å². The third kappa shape index (κ3) is 5.63. The van der Waals surface area contributed by atoms with E-state index in [0.29, 0.717) is 13.0 Å². The molecule has 1 aliphatic carbocycles. The number of hydrogen-bond donors (Lipinski definition) is 2. The number of rotatable bonds is 8. The van der Waals surface area contributed by atoms with Gasteiger partial charge < -0.3 is 29.7 Å². The van der Waals surface area contributed by atoms with E-state index in [4.69, 9.17) is 9.47 Å². The Balaban J connectivity index is 1.42. The number of amides is 2. The molecule has 2 atom stereocenters. The molecule has 2 aromatic rings. The summed E-state index contributed by atoms with van der Waals surface area (Å²) in [4.78, 5) is 40.7. The maximum absolute atomic E-state index is 13.2. The molecule has 4 rings (SSSR count). The summed E-state index contributed by atoms with van der Waals surface area (Å²) in [6.07, 6.45) is -1.38. The molecule has 2 aromatic carbocycles. The number of carboxylic acid groups (broad SMARTS) is 1. The monoisotopic (exact) mass is 481 g/mol. The molecule has 186 valence electrons. The number of hydrogen-bond acceptors (Lipinski definition) is 6. The highest BCUT2D eigenvalue weighted by molar-refractivity contribution is 5.86. The van der Waals surface area contributed by atoms with E-state index in [-0.39, 0.29) is 38.1 Å². The van der Waals surface area contributed by atoms with Crippen LogP contribution in [-0.4, -0.2) is 92.0 Å². The Hall–Kier alpha value is -3.43. The van der Waals surface area contributed by atoms with Crippen molar-refractivity contribution < 1.29 is 29.0 Å². The van der Waals surface area contributed by atoms with Crippen LogP contribution in [0.15, 0.2) is 48.5 Å². The molecular weight excluding hydrogens is 450 g/mol. The number of aliphatic carboxylic acids is 1. The average molecular weight is 482 g/mol. The van der Waals surface area contributed by atoms with Gasteiger partial charge in [0, 0.05) is 12.5 Å². The lowest BCUT2D eigenvalue weighted by Crippen LogP contribution is -2.55. The molecule has 2 amide bonds. The lowest BCUT2D eigenvalue weighted by Gasteiger charge is -2.33. The number of fused-ring (bicyclic) bond motifs is 3. The van der Waals surface area contributed by atoms with Crippen molar-refractivity contribution in [2.45, 2.75) is 24.5 Å². The molecule has 0 spiro atoms. The summed E-state index contributed by atoms with van der Waals surface area (Å²) >= 11 is 0. The van der Waals surface area contributed by atoms with Gasteiger partial charge in [0.05, 0.1) is 13.2 Å². The Labute approximate surface area is 204 Å². The second kappa shape index (κ2) is 10.9. The van der Waals surface area contributed by atoms with Crippen LogP contribution in [0, 0.1) is 0 Å². The zero-order chi connectivity index (χ0) is 24.9. The fourth-order valence-corrected chi connectivity index (χ4v) is 4.65. The van der Waals surface area contributed by atoms with Crippen LogP contribution in [0.25, 0.3) is 11.1 Å². The van der Waals surface area contributed by atoms with Crippen LogP contribution < -0.4 is 5.32 Å². The van der Waals surface area contributed by atoms with Gasteiger partial charge in [-0.2, -0.15) is 0 Å². The van der Waals surface area contributed by atoms with Gasteiger partial charge in [-0.05, 0) is 49.3 Å². The summed E-state index contributed by atoms with van der Waals surface area (Å²) < 4.78 is 10.8. The van der Waals surface area contributed by atoms with Crippen molar-refractivity contribution >= 4 is 18.0 Å². The number of carbonyl (C=O) groups excluding carboxylic acids is 2. The van der Waals surface area contributed by atoms with Crippen LogP contribution in [0.3, 0.4) is 0 Å². The average Bonchev–Trinajstić information content (AvgIpc) is 3.18. The van der Waals surface area contributed by atoms with E-state index in [1.54, 1.807) is 0 Å². The van der Waals surface area contributed by atoms with Gasteiger partial charge in [0.25, 0.3) is 0 Å². The van der Waals surface area contributed by atoms with E-state index in [2.05, 4.69) is 17.4 Å². The summed E-state index contributed by atoms with van der Waals surface area (Å²) in [5.41, 5.74) is 4.48. The number of alkyl carbamates (subject to hydrolysis) is 1. The van der Waals surface area contributed by atoms with Gasteiger partial charge in [0.2, 0.25) is 5.91 Å². The van der Waals surface area contributed by atoms with Crippen LogP contribution in [0.2, 0.25) is 0 Å². The molecule has 2 aliphatic rings. The maximum Gasteiger partial charge on any atom is 0.407 e. The van der Waals surface area contributed by atoms with Crippen LogP contribution in [0.4, 0.5) is 4.79 Å². The largest absolute Gasteiger partial charge is 0.479 e.